The van der Waals surface area contributed by atoms with Gasteiger partial charge in [0.1, 0.15) is 0 Å². The number of nitrogens with one attached hydrogen (secondary N) is 1. The van der Waals surface area contributed by atoms with Crippen molar-refractivity contribution in [3.8, 4) is 0 Å². The molecule has 1 amide bonds. The zero-order valence-corrected chi connectivity index (χ0v) is 15.7. The molecule has 3 rings (SSSR count). The van der Waals surface area contributed by atoms with E-state index in [4.69, 9.17) is 4.74 Å². The lowest BCUT2D eigenvalue weighted by Crippen LogP contribution is -2.22. The van der Waals surface area contributed by atoms with E-state index in [9.17, 15) is 9.59 Å². The molecule has 0 radical (unpaired) electrons. The lowest BCUT2D eigenvalue weighted by atomic mass is 10.0. The molecule has 0 spiro atoms. The van der Waals surface area contributed by atoms with Crippen molar-refractivity contribution in [1.82, 2.24) is 4.98 Å². The minimum Gasteiger partial charge on any atom is -0.452 e. The number of carbonyl (C=O) groups is 2. The van der Waals surface area contributed by atoms with Crippen molar-refractivity contribution in [3.05, 3.63) is 70.9 Å². The monoisotopic (exact) mass is 362 g/mol. The third-order valence-electron chi connectivity index (χ3n) is 4.52. The number of ether oxygens (including phenoxy) is 1. The number of fused-ring (bicyclic) bond motifs is 1. The van der Waals surface area contributed by atoms with E-state index in [0.29, 0.717) is 16.9 Å². The maximum absolute atomic E-state index is 12.5. The van der Waals surface area contributed by atoms with Crippen molar-refractivity contribution in [1.29, 1.82) is 0 Å². The molecule has 3 aromatic rings. The van der Waals surface area contributed by atoms with E-state index in [2.05, 4.69) is 17.2 Å². The first-order chi connectivity index (χ1) is 13.0. The number of nitrogens with zero attached hydrogens (tertiary/aromatic N) is 1. The average molecular weight is 362 g/mol. The molecule has 2 aromatic carbocycles. The Morgan fingerprint density at radius 1 is 1.04 bits per heavy atom. The predicted octanol–water partition coefficient (Wildman–Crippen LogP) is 4.21. The van der Waals surface area contributed by atoms with Gasteiger partial charge < -0.3 is 10.1 Å². The summed E-state index contributed by atoms with van der Waals surface area (Å²) in [4.78, 5) is 29.1. The second-order valence-corrected chi connectivity index (χ2v) is 6.39. The first-order valence-corrected chi connectivity index (χ1v) is 8.91. The van der Waals surface area contributed by atoms with Crippen LogP contribution in [0.15, 0.2) is 48.5 Å². The van der Waals surface area contributed by atoms with Gasteiger partial charge in [0.15, 0.2) is 6.61 Å². The van der Waals surface area contributed by atoms with Crippen molar-refractivity contribution in [2.45, 2.75) is 27.2 Å². The summed E-state index contributed by atoms with van der Waals surface area (Å²) in [6, 6.07) is 15.2. The standard InChI is InChI=1S/C22H22N2O3/c1-4-16-9-11-17(12-10-16)24-20(25)13-27-22(26)21-14(2)18-7-5-6-8-19(18)23-15(21)3/h5-12H,4,13H2,1-3H3,(H,24,25). The summed E-state index contributed by atoms with van der Waals surface area (Å²) in [6.45, 7) is 5.35. The van der Waals surface area contributed by atoms with E-state index >= 15 is 0 Å². The van der Waals surface area contributed by atoms with Gasteiger partial charge >= 0.3 is 5.97 Å². The van der Waals surface area contributed by atoms with Crippen LogP contribution in [0.4, 0.5) is 5.69 Å². The number of hydrogen-bond donors (Lipinski definition) is 1. The summed E-state index contributed by atoms with van der Waals surface area (Å²) in [6.07, 6.45) is 0.935. The minimum absolute atomic E-state index is 0.347. The molecule has 0 saturated carbocycles. The number of aryl methyl sites for hydroxylation is 3. The first kappa shape index (κ1) is 18.6. The second kappa shape index (κ2) is 7.99. The molecular weight excluding hydrogens is 340 g/mol. The molecule has 1 heterocycles. The lowest BCUT2D eigenvalue weighted by molar-refractivity contribution is -0.119. The Balaban J connectivity index is 1.68. The number of amides is 1. The molecule has 0 bridgehead atoms. The Morgan fingerprint density at radius 3 is 2.44 bits per heavy atom. The summed E-state index contributed by atoms with van der Waals surface area (Å²) in [5.41, 5.74) is 4.50. The van der Waals surface area contributed by atoms with E-state index in [-0.39, 0.29) is 12.5 Å². The van der Waals surface area contributed by atoms with Crippen molar-refractivity contribution >= 4 is 28.5 Å². The van der Waals surface area contributed by atoms with E-state index in [0.717, 1.165) is 22.9 Å². The Morgan fingerprint density at radius 2 is 1.74 bits per heavy atom. The number of pyridine rings is 1. The molecule has 5 heteroatoms. The molecule has 138 valence electrons. The highest BCUT2D eigenvalue weighted by Crippen LogP contribution is 2.23. The average Bonchev–Trinajstić information content (AvgIpc) is 2.67. The Kier molecular flexibility index (Phi) is 5.50. The van der Waals surface area contributed by atoms with Crippen LogP contribution in [0.3, 0.4) is 0 Å². The fourth-order valence-electron chi connectivity index (χ4n) is 3.06. The van der Waals surface area contributed by atoms with Crippen LogP contribution >= 0.6 is 0 Å². The molecule has 0 aliphatic rings. The molecule has 0 unspecified atom stereocenters. The van der Waals surface area contributed by atoms with Crippen LogP contribution in [-0.2, 0) is 16.0 Å². The van der Waals surface area contributed by atoms with Gasteiger partial charge in [-0.2, -0.15) is 0 Å². The fourth-order valence-corrected chi connectivity index (χ4v) is 3.06. The van der Waals surface area contributed by atoms with Gasteiger partial charge in [-0.05, 0) is 49.6 Å². The number of carbonyl (C=O) groups excluding carboxylic acids is 2. The van der Waals surface area contributed by atoms with Crippen molar-refractivity contribution in [3.63, 3.8) is 0 Å². The molecule has 27 heavy (non-hydrogen) atoms. The quantitative estimate of drug-likeness (QED) is 0.691. The third-order valence-corrected chi connectivity index (χ3v) is 4.52. The number of para-hydroxylation sites is 1. The number of anilines is 1. The maximum Gasteiger partial charge on any atom is 0.340 e. The number of esters is 1. The number of aromatic nitrogens is 1. The summed E-state index contributed by atoms with van der Waals surface area (Å²) in [5, 5.41) is 3.63. The SMILES string of the molecule is CCc1ccc(NC(=O)COC(=O)c2c(C)nc3ccccc3c2C)cc1. The molecule has 0 saturated heterocycles. The van der Waals surface area contributed by atoms with Gasteiger partial charge in [0.2, 0.25) is 0 Å². The largest absolute Gasteiger partial charge is 0.452 e. The highest BCUT2D eigenvalue weighted by Gasteiger charge is 2.18. The molecule has 0 aliphatic carbocycles. The molecule has 5 nitrogen and oxygen atoms in total. The topological polar surface area (TPSA) is 68.3 Å². The van der Waals surface area contributed by atoms with Gasteiger partial charge in [0.25, 0.3) is 5.91 Å². The zero-order valence-electron chi connectivity index (χ0n) is 15.7. The van der Waals surface area contributed by atoms with E-state index in [1.165, 1.54) is 5.56 Å². The van der Waals surface area contributed by atoms with Crippen molar-refractivity contribution in [2.75, 3.05) is 11.9 Å². The van der Waals surface area contributed by atoms with Crippen LogP contribution in [0.2, 0.25) is 0 Å². The van der Waals surface area contributed by atoms with Gasteiger partial charge in [0.05, 0.1) is 16.8 Å². The van der Waals surface area contributed by atoms with Gasteiger partial charge in [-0.25, -0.2) is 4.79 Å². The number of rotatable bonds is 5. The van der Waals surface area contributed by atoms with E-state index in [1.54, 1.807) is 6.92 Å². The minimum atomic E-state index is -0.542. The summed E-state index contributed by atoms with van der Waals surface area (Å²) >= 11 is 0. The first-order valence-electron chi connectivity index (χ1n) is 8.91. The molecular formula is C22H22N2O3. The van der Waals surface area contributed by atoms with E-state index in [1.807, 2.05) is 55.5 Å². The van der Waals surface area contributed by atoms with Crippen molar-refractivity contribution < 1.29 is 14.3 Å². The maximum atomic E-state index is 12.5. The van der Waals surface area contributed by atoms with Crippen LogP contribution in [0, 0.1) is 13.8 Å². The van der Waals surface area contributed by atoms with Gasteiger partial charge in [-0.1, -0.05) is 37.3 Å². The van der Waals surface area contributed by atoms with Crippen LogP contribution in [0.25, 0.3) is 10.9 Å². The van der Waals surface area contributed by atoms with Crippen LogP contribution < -0.4 is 5.32 Å². The van der Waals surface area contributed by atoms with Crippen LogP contribution in [-0.4, -0.2) is 23.5 Å². The van der Waals surface area contributed by atoms with Crippen LogP contribution in [0.1, 0.15) is 34.1 Å². The molecule has 0 fully saturated rings. The zero-order chi connectivity index (χ0) is 19.4. The Hall–Kier alpha value is -3.21. The molecule has 1 N–H and O–H groups in total. The van der Waals surface area contributed by atoms with Gasteiger partial charge in [-0.15, -0.1) is 0 Å². The normalized spacial score (nSPS) is 10.6. The smallest absolute Gasteiger partial charge is 0.340 e. The lowest BCUT2D eigenvalue weighted by Gasteiger charge is -2.12. The number of benzene rings is 2. The predicted molar refractivity (Wildman–Crippen MR) is 106 cm³/mol. The summed E-state index contributed by atoms with van der Waals surface area (Å²) < 4.78 is 5.23. The van der Waals surface area contributed by atoms with Gasteiger partial charge in [-0.3, -0.25) is 9.78 Å². The van der Waals surface area contributed by atoms with Crippen molar-refractivity contribution in [2.24, 2.45) is 0 Å². The number of hydrogen-bond acceptors (Lipinski definition) is 4. The summed E-state index contributed by atoms with van der Waals surface area (Å²) in [7, 11) is 0. The second-order valence-electron chi connectivity index (χ2n) is 6.39. The van der Waals surface area contributed by atoms with Gasteiger partial charge in [0, 0.05) is 11.1 Å². The van der Waals surface area contributed by atoms with E-state index < -0.39 is 5.97 Å². The Labute approximate surface area is 158 Å². The molecule has 0 atom stereocenters. The highest BCUT2D eigenvalue weighted by atomic mass is 16.5. The fraction of sp³-hybridized carbons (Fsp3) is 0.227. The summed E-state index contributed by atoms with van der Waals surface area (Å²) in [5.74, 6) is -0.920. The van der Waals surface area contributed by atoms with Crippen LogP contribution in [0.5, 0.6) is 0 Å². The molecule has 0 aliphatic heterocycles. The Bertz CT molecular complexity index is 994. The molecule has 1 aromatic heterocycles. The highest BCUT2D eigenvalue weighted by molar-refractivity contribution is 6.00. The third kappa shape index (κ3) is 4.14.